The van der Waals surface area contributed by atoms with Gasteiger partial charge in [0.15, 0.2) is 0 Å². The smallest absolute Gasteiger partial charge is 0.338 e. The van der Waals surface area contributed by atoms with Crippen LogP contribution in [0.25, 0.3) is 0 Å². The lowest BCUT2D eigenvalue weighted by molar-refractivity contribution is -0.124. The van der Waals surface area contributed by atoms with Gasteiger partial charge in [0.05, 0.1) is 44.5 Å². The van der Waals surface area contributed by atoms with E-state index >= 15 is 0 Å². The van der Waals surface area contributed by atoms with Crippen molar-refractivity contribution in [2.24, 2.45) is 5.92 Å². The molecule has 0 aliphatic heterocycles. The van der Waals surface area contributed by atoms with Gasteiger partial charge in [-0.1, -0.05) is 60.7 Å². The lowest BCUT2D eigenvalue weighted by Gasteiger charge is -2.18. The van der Waals surface area contributed by atoms with Crippen molar-refractivity contribution in [3.8, 4) is 0 Å². The highest BCUT2D eigenvalue weighted by atomic mass is 16.5. The second kappa shape index (κ2) is 13.2. The van der Waals surface area contributed by atoms with E-state index in [9.17, 15) is 9.59 Å². The van der Waals surface area contributed by atoms with Crippen LogP contribution in [0.1, 0.15) is 28.4 Å². The third kappa shape index (κ3) is 8.18. The van der Waals surface area contributed by atoms with Gasteiger partial charge in [-0.3, -0.25) is 4.79 Å². The quantitative estimate of drug-likeness (QED) is 0.402. The van der Waals surface area contributed by atoms with Crippen LogP contribution in [0.2, 0.25) is 0 Å². The lowest BCUT2D eigenvalue weighted by atomic mass is 10.1. The summed E-state index contributed by atoms with van der Waals surface area (Å²) in [7, 11) is 0. The van der Waals surface area contributed by atoms with E-state index in [0.29, 0.717) is 31.1 Å². The maximum Gasteiger partial charge on any atom is 0.338 e. The Labute approximate surface area is 194 Å². The van der Waals surface area contributed by atoms with Gasteiger partial charge >= 0.3 is 5.97 Å². The number of carbonyl (C=O) groups is 2. The molecule has 3 aromatic carbocycles. The van der Waals surface area contributed by atoms with Crippen molar-refractivity contribution in [1.29, 1.82) is 0 Å². The Hall–Kier alpha value is -3.48. The van der Waals surface area contributed by atoms with Gasteiger partial charge in [0.25, 0.3) is 0 Å². The number of benzene rings is 3. The first-order valence-corrected chi connectivity index (χ1v) is 11.0. The van der Waals surface area contributed by atoms with Crippen LogP contribution < -0.4 is 5.32 Å². The maximum absolute atomic E-state index is 13.0. The third-order valence-electron chi connectivity index (χ3n) is 4.90. The minimum absolute atomic E-state index is 0.208. The number of anilines is 1. The molecule has 33 heavy (non-hydrogen) atoms. The van der Waals surface area contributed by atoms with Crippen LogP contribution in [-0.2, 0) is 32.2 Å². The van der Waals surface area contributed by atoms with Gasteiger partial charge in [0, 0.05) is 5.69 Å². The fourth-order valence-corrected chi connectivity index (χ4v) is 3.13. The Morgan fingerprint density at radius 2 is 1.27 bits per heavy atom. The summed E-state index contributed by atoms with van der Waals surface area (Å²) >= 11 is 0. The van der Waals surface area contributed by atoms with E-state index in [2.05, 4.69) is 5.32 Å². The Morgan fingerprint density at radius 1 is 0.758 bits per heavy atom. The molecular weight excluding hydrogens is 418 g/mol. The summed E-state index contributed by atoms with van der Waals surface area (Å²) in [5.41, 5.74) is 3.10. The number of esters is 1. The summed E-state index contributed by atoms with van der Waals surface area (Å²) < 4.78 is 16.6. The Balaban J connectivity index is 1.58. The van der Waals surface area contributed by atoms with E-state index in [-0.39, 0.29) is 19.1 Å². The molecule has 0 radical (unpaired) electrons. The van der Waals surface area contributed by atoms with Crippen molar-refractivity contribution in [2.75, 3.05) is 25.1 Å². The van der Waals surface area contributed by atoms with Gasteiger partial charge in [0.2, 0.25) is 5.91 Å². The highest BCUT2D eigenvalue weighted by Crippen LogP contribution is 2.14. The van der Waals surface area contributed by atoms with Crippen molar-refractivity contribution in [3.63, 3.8) is 0 Å². The van der Waals surface area contributed by atoms with E-state index in [1.165, 1.54) is 0 Å². The van der Waals surface area contributed by atoms with Crippen molar-refractivity contribution in [3.05, 3.63) is 102 Å². The fourth-order valence-electron chi connectivity index (χ4n) is 3.13. The molecule has 0 atom stereocenters. The summed E-state index contributed by atoms with van der Waals surface area (Å²) in [6, 6.07) is 26.2. The second-order valence-corrected chi connectivity index (χ2v) is 7.49. The molecule has 1 amide bonds. The van der Waals surface area contributed by atoms with Gasteiger partial charge < -0.3 is 19.5 Å². The van der Waals surface area contributed by atoms with Gasteiger partial charge in [-0.05, 0) is 42.3 Å². The van der Waals surface area contributed by atoms with Crippen molar-refractivity contribution >= 4 is 17.6 Å². The van der Waals surface area contributed by atoms with Crippen molar-refractivity contribution < 1.29 is 23.8 Å². The summed E-state index contributed by atoms with van der Waals surface area (Å²) in [6.45, 7) is 3.33. The first-order chi connectivity index (χ1) is 16.2. The third-order valence-corrected chi connectivity index (χ3v) is 4.90. The van der Waals surface area contributed by atoms with Crippen LogP contribution in [0.5, 0.6) is 0 Å². The van der Waals surface area contributed by atoms with Crippen molar-refractivity contribution in [1.82, 2.24) is 0 Å². The topological polar surface area (TPSA) is 73.9 Å². The number of hydrogen-bond acceptors (Lipinski definition) is 5. The van der Waals surface area contributed by atoms with Crippen LogP contribution in [0.3, 0.4) is 0 Å². The highest BCUT2D eigenvalue weighted by molar-refractivity contribution is 5.94. The lowest BCUT2D eigenvalue weighted by Crippen LogP contribution is -2.30. The molecule has 0 saturated heterocycles. The zero-order chi connectivity index (χ0) is 23.3. The molecule has 0 spiro atoms. The minimum Gasteiger partial charge on any atom is -0.462 e. The molecule has 0 unspecified atom stereocenters. The van der Waals surface area contributed by atoms with E-state index in [0.717, 1.165) is 11.1 Å². The normalized spacial score (nSPS) is 10.7. The molecule has 0 aliphatic carbocycles. The highest BCUT2D eigenvalue weighted by Gasteiger charge is 2.20. The van der Waals surface area contributed by atoms with Crippen LogP contribution in [0.15, 0.2) is 84.9 Å². The number of carbonyl (C=O) groups excluding carboxylic acids is 2. The summed E-state index contributed by atoms with van der Waals surface area (Å²) in [5, 5.41) is 2.89. The van der Waals surface area contributed by atoms with Gasteiger partial charge in [-0.2, -0.15) is 0 Å². The number of rotatable bonds is 12. The first-order valence-electron chi connectivity index (χ1n) is 11.0. The summed E-state index contributed by atoms with van der Waals surface area (Å²) in [4.78, 5) is 24.8. The van der Waals surface area contributed by atoms with Gasteiger partial charge in [-0.25, -0.2) is 4.79 Å². The minimum atomic E-state index is -0.498. The summed E-state index contributed by atoms with van der Waals surface area (Å²) in [6.07, 6.45) is 0. The Bertz CT molecular complexity index is 945. The van der Waals surface area contributed by atoms with Crippen LogP contribution >= 0.6 is 0 Å². The van der Waals surface area contributed by atoms with Gasteiger partial charge in [-0.15, -0.1) is 0 Å². The predicted molar refractivity (Wildman–Crippen MR) is 127 cm³/mol. The molecular formula is C27H29NO5. The van der Waals surface area contributed by atoms with Crippen LogP contribution in [0, 0.1) is 5.92 Å². The average molecular weight is 448 g/mol. The molecule has 172 valence electrons. The number of hydrogen-bond donors (Lipinski definition) is 1. The molecule has 1 N–H and O–H groups in total. The number of amides is 1. The molecule has 6 heteroatoms. The Morgan fingerprint density at radius 3 is 1.76 bits per heavy atom. The first kappa shape index (κ1) is 24.2. The molecule has 3 rings (SSSR count). The SMILES string of the molecule is CCOC(=O)c1ccc(NC(=O)C(COCc2ccccc2)COCc2ccccc2)cc1. The van der Waals surface area contributed by atoms with Crippen molar-refractivity contribution in [2.45, 2.75) is 20.1 Å². The fraction of sp³-hybridized carbons (Fsp3) is 0.259. The zero-order valence-electron chi connectivity index (χ0n) is 18.7. The second-order valence-electron chi connectivity index (χ2n) is 7.49. The summed E-state index contributed by atoms with van der Waals surface area (Å²) in [5.74, 6) is -1.10. The molecule has 3 aromatic rings. The molecule has 0 bridgehead atoms. The number of nitrogens with one attached hydrogen (secondary N) is 1. The van der Waals surface area contributed by atoms with Crippen LogP contribution in [-0.4, -0.2) is 31.7 Å². The average Bonchev–Trinajstić information content (AvgIpc) is 2.85. The van der Waals surface area contributed by atoms with E-state index < -0.39 is 11.9 Å². The molecule has 0 aliphatic rings. The molecule has 6 nitrogen and oxygen atoms in total. The Kier molecular flexibility index (Phi) is 9.63. The molecule has 0 aromatic heterocycles. The van der Waals surface area contributed by atoms with Crippen LogP contribution in [0.4, 0.5) is 5.69 Å². The predicted octanol–water partition coefficient (Wildman–Crippen LogP) is 4.85. The molecule has 0 heterocycles. The van der Waals surface area contributed by atoms with E-state index in [1.807, 2.05) is 60.7 Å². The van der Waals surface area contributed by atoms with Gasteiger partial charge in [0.1, 0.15) is 0 Å². The van der Waals surface area contributed by atoms with E-state index in [1.54, 1.807) is 31.2 Å². The standard InChI is InChI=1S/C27H29NO5/c1-2-33-27(30)23-13-15-25(16-14-23)28-26(29)24(19-31-17-21-9-5-3-6-10-21)20-32-18-22-11-7-4-8-12-22/h3-16,24H,2,17-20H2,1H3,(H,28,29). The molecule has 0 fully saturated rings. The zero-order valence-corrected chi connectivity index (χ0v) is 18.7. The number of ether oxygens (including phenoxy) is 3. The maximum atomic E-state index is 13.0. The largest absolute Gasteiger partial charge is 0.462 e. The monoisotopic (exact) mass is 447 g/mol. The molecule has 0 saturated carbocycles. The van der Waals surface area contributed by atoms with E-state index in [4.69, 9.17) is 14.2 Å².